The van der Waals surface area contributed by atoms with E-state index in [-0.39, 0.29) is 38.5 Å². The molecule has 2 atom stereocenters. The molecule has 5 heteroatoms. The van der Waals surface area contributed by atoms with Crippen LogP contribution in [0.15, 0.2) is 0 Å². The van der Waals surface area contributed by atoms with Crippen molar-refractivity contribution in [2.24, 2.45) is 11.5 Å². The normalized spacial score (nSPS) is 16.4. The molecule has 5 nitrogen and oxygen atoms in total. The fraction of sp³-hybridized carbons (Fsp3) is 1.00. The molecular formula is C6H16N2O3. The molecule has 0 radical (unpaired) electrons. The van der Waals surface area contributed by atoms with Crippen LogP contribution in [0, 0.1) is 0 Å². The molecule has 0 amide bonds. The molecule has 0 aromatic heterocycles. The first kappa shape index (κ1) is 10.8. The number of ether oxygens (including phenoxy) is 1. The van der Waals surface area contributed by atoms with E-state index >= 15 is 0 Å². The summed E-state index contributed by atoms with van der Waals surface area (Å²) in [5.41, 5.74) is 10.6. The predicted octanol–water partition coefficient (Wildman–Crippen LogP) is -2.36. The highest BCUT2D eigenvalue weighted by molar-refractivity contribution is 4.59. The lowest BCUT2D eigenvalue weighted by Gasteiger charge is -2.11. The zero-order valence-corrected chi connectivity index (χ0v) is 6.44. The Morgan fingerprint density at radius 2 is 1.36 bits per heavy atom. The van der Waals surface area contributed by atoms with Crippen molar-refractivity contribution in [2.75, 3.05) is 26.4 Å². The highest BCUT2D eigenvalue weighted by Gasteiger charge is 2.03. The van der Waals surface area contributed by atoms with Crippen LogP contribution in [0.4, 0.5) is 0 Å². The van der Waals surface area contributed by atoms with E-state index in [2.05, 4.69) is 0 Å². The van der Waals surface area contributed by atoms with Gasteiger partial charge in [0.1, 0.15) is 0 Å². The van der Waals surface area contributed by atoms with Crippen molar-refractivity contribution in [2.45, 2.75) is 12.1 Å². The summed E-state index contributed by atoms with van der Waals surface area (Å²) in [6, 6.07) is -0.721. The second kappa shape index (κ2) is 6.51. The average molecular weight is 164 g/mol. The highest BCUT2D eigenvalue weighted by atomic mass is 16.5. The van der Waals surface area contributed by atoms with E-state index < -0.39 is 0 Å². The Kier molecular flexibility index (Phi) is 6.39. The van der Waals surface area contributed by atoms with Crippen LogP contribution in [-0.4, -0.2) is 48.7 Å². The first-order valence-corrected chi connectivity index (χ1v) is 3.51. The number of aliphatic hydroxyl groups is 2. The molecule has 0 fully saturated rings. The van der Waals surface area contributed by atoms with Crippen molar-refractivity contribution in [3.05, 3.63) is 0 Å². The molecule has 0 aliphatic carbocycles. The molecule has 0 unspecified atom stereocenters. The summed E-state index contributed by atoms with van der Waals surface area (Å²) in [5, 5.41) is 16.9. The molecule has 6 N–H and O–H groups in total. The minimum Gasteiger partial charge on any atom is -0.395 e. The van der Waals surface area contributed by atoms with Crippen molar-refractivity contribution in [1.82, 2.24) is 0 Å². The molecule has 0 saturated heterocycles. The van der Waals surface area contributed by atoms with E-state index in [1.165, 1.54) is 0 Å². The van der Waals surface area contributed by atoms with E-state index in [1.54, 1.807) is 0 Å². The third kappa shape index (κ3) is 6.21. The lowest BCUT2D eigenvalue weighted by atomic mass is 10.3. The van der Waals surface area contributed by atoms with Crippen LogP contribution in [0.3, 0.4) is 0 Å². The van der Waals surface area contributed by atoms with Gasteiger partial charge in [-0.05, 0) is 0 Å². The molecule has 0 spiro atoms. The van der Waals surface area contributed by atoms with Gasteiger partial charge < -0.3 is 26.4 Å². The molecule has 68 valence electrons. The summed E-state index contributed by atoms with van der Waals surface area (Å²) in [6.07, 6.45) is 0. The molecule has 0 heterocycles. The van der Waals surface area contributed by atoms with Gasteiger partial charge in [-0.2, -0.15) is 0 Å². The summed E-state index contributed by atoms with van der Waals surface area (Å²) in [4.78, 5) is 0. The van der Waals surface area contributed by atoms with Crippen molar-refractivity contribution in [1.29, 1.82) is 0 Å². The Hall–Kier alpha value is -0.200. The Balaban J connectivity index is 3.13. The van der Waals surface area contributed by atoms with Crippen molar-refractivity contribution >= 4 is 0 Å². The smallest absolute Gasteiger partial charge is 0.0640 e. The first-order valence-electron chi connectivity index (χ1n) is 3.51. The SMILES string of the molecule is N[C@@H](CO)COC[C@@H](N)CO. The number of nitrogens with two attached hydrogens (primary N) is 2. The van der Waals surface area contributed by atoms with Gasteiger partial charge in [0.2, 0.25) is 0 Å². The maximum absolute atomic E-state index is 8.47. The second-order valence-electron chi connectivity index (χ2n) is 2.42. The topological polar surface area (TPSA) is 102 Å². The summed E-state index contributed by atoms with van der Waals surface area (Å²) < 4.78 is 4.97. The average Bonchev–Trinajstić information content (AvgIpc) is 2.04. The molecular weight excluding hydrogens is 148 g/mol. The van der Waals surface area contributed by atoms with Crippen molar-refractivity contribution < 1.29 is 14.9 Å². The highest BCUT2D eigenvalue weighted by Crippen LogP contribution is 1.83. The third-order valence-electron chi connectivity index (χ3n) is 1.13. The number of rotatable bonds is 6. The van der Waals surface area contributed by atoms with Crippen molar-refractivity contribution in [3.63, 3.8) is 0 Å². The predicted molar refractivity (Wildman–Crippen MR) is 40.9 cm³/mol. The van der Waals surface area contributed by atoms with Gasteiger partial charge in [-0.15, -0.1) is 0 Å². The Morgan fingerprint density at radius 3 is 1.64 bits per heavy atom. The molecule has 0 aromatic carbocycles. The van der Waals surface area contributed by atoms with Gasteiger partial charge in [0, 0.05) is 0 Å². The van der Waals surface area contributed by atoms with E-state index in [9.17, 15) is 0 Å². The van der Waals surface area contributed by atoms with E-state index in [0.29, 0.717) is 0 Å². The molecule has 0 aliphatic heterocycles. The first-order chi connectivity index (χ1) is 5.20. The summed E-state index contributed by atoms with van der Waals surface area (Å²) in [5.74, 6) is 0. The molecule has 0 aromatic rings. The number of hydrogen-bond acceptors (Lipinski definition) is 5. The summed E-state index contributed by atoms with van der Waals surface area (Å²) in [6.45, 7) is 0.330. The largest absolute Gasteiger partial charge is 0.395 e. The van der Waals surface area contributed by atoms with Crippen LogP contribution in [0.5, 0.6) is 0 Å². The Morgan fingerprint density at radius 1 is 1.00 bits per heavy atom. The maximum atomic E-state index is 8.47. The van der Waals surface area contributed by atoms with Crippen LogP contribution < -0.4 is 11.5 Å². The zero-order valence-electron chi connectivity index (χ0n) is 6.44. The molecule has 0 aliphatic rings. The standard InChI is InChI=1S/C6H16N2O3/c7-5(1-9)3-11-4-6(8)2-10/h5-6,9-10H,1-4,7-8H2/t5-,6-/m0/s1. The van der Waals surface area contributed by atoms with Crippen LogP contribution in [-0.2, 0) is 4.74 Å². The minimum absolute atomic E-state index is 0.103. The maximum Gasteiger partial charge on any atom is 0.0640 e. The van der Waals surface area contributed by atoms with Crippen LogP contribution in [0.1, 0.15) is 0 Å². The lowest BCUT2D eigenvalue weighted by Crippen LogP contribution is -2.35. The molecule has 0 saturated carbocycles. The number of aliphatic hydroxyl groups excluding tert-OH is 2. The Bertz CT molecular complexity index is 81.9. The third-order valence-corrected chi connectivity index (χ3v) is 1.13. The van der Waals surface area contributed by atoms with E-state index in [1.807, 2.05) is 0 Å². The van der Waals surface area contributed by atoms with Crippen LogP contribution >= 0.6 is 0 Å². The van der Waals surface area contributed by atoms with Gasteiger partial charge in [0.25, 0.3) is 0 Å². The quantitative estimate of drug-likeness (QED) is 0.352. The minimum atomic E-state index is -0.360. The lowest BCUT2D eigenvalue weighted by molar-refractivity contribution is 0.0782. The Labute approximate surface area is 65.9 Å². The number of hydrogen-bond donors (Lipinski definition) is 4. The van der Waals surface area contributed by atoms with E-state index in [4.69, 9.17) is 26.4 Å². The molecule has 0 bridgehead atoms. The van der Waals surface area contributed by atoms with Crippen molar-refractivity contribution in [3.8, 4) is 0 Å². The monoisotopic (exact) mass is 164 g/mol. The van der Waals surface area contributed by atoms with Crippen LogP contribution in [0.25, 0.3) is 0 Å². The molecule has 0 rings (SSSR count). The zero-order chi connectivity index (χ0) is 8.69. The van der Waals surface area contributed by atoms with Crippen LogP contribution in [0.2, 0.25) is 0 Å². The van der Waals surface area contributed by atoms with Gasteiger partial charge in [-0.3, -0.25) is 0 Å². The van der Waals surface area contributed by atoms with Gasteiger partial charge >= 0.3 is 0 Å². The van der Waals surface area contributed by atoms with Gasteiger partial charge in [0.05, 0.1) is 38.5 Å². The fourth-order valence-corrected chi connectivity index (χ4v) is 0.476. The van der Waals surface area contributed by atoms with Gasteiger partial charge in [0.15, 0.2) is 0 Å². The molecule has 11 heavy (non-hydrogen) atoms. The summed E-state index contributed by atoms with van der Waals surface area (Å²) in [7, 11) is 0. The van der Waals surface area contributed by atoms with Gasteiger partial charge in [-0.25, -0.2) is 0 Å². The van der Waals surface area contributed by atoms with E-state index in [0.717, 1.165) is 0 Å². The van der Waals surface area contributed by atoms with Gasteiger partial charge in [-0.1, -0.05) is 0 Å². The summed E-state index contributed by atoms with van der Waals surface area (Å²) >= 11 is 0. The second-order valence-corrected chi connectivity index (χ2v) is 2.42. The fourth-order valence-electron chi connectivity index (χ4n) is 0.476.